The van der Waals surface area contributed by atoms with Crippen LogP contribution in [0, 0.1) is 13.8 Å². The number of benzene rings is 1. The van der Waals surface area contributed by atoms with Gasteiger partial charge in [-0.15, -0.1) is 5.10 Å². The zero-order valence-corrected chi connectivity index (χ0v) is 12.0. The normalized spacial score (nSPS) is 10.6. The number of carbonyl (C=O) groups excluding carboxylic acids is 1. The molecule has 1 heterocycles. The SMILES string of the molecule is CCCn1nnnc1COC(=O)c1cc(C)cc(C)c1. The minimum Gasteiger partial charge on any atom is -0.454 e. The van der Waals surface area contributed by atoms with Crippen LogP contribution in [0.3, 0.4) is 0 Å². The number of aryl methyl sites for hydroxylation is 3. The molecule has 6 heteroatoms. The predicted molar refractivity (Wildman–Crippen MR) is 73.1 cm³/mol. The van der Waals surface area contributed by atoms with Crippen LogP contribution in [0.5, 0.6) is 0 Å². The maximum absolute atomic E-state index is 12.0. The average Bonchev–Trinajstić information content (AvgIpc) is 2.83. The standard InChI is InChI=1S/C14H18N4O2/c1-4-5-18-13(15-16-17-18)9-20-14(19)12-7-10(2)6-11(3)8-12/h6-8H,4-5,9H2,1-3H3. The number of esters is 1. The smallest absolute Gasteiger partial charge is 0.338 e. The molecule has 0 saturated heterocycles. The first kappa shape index (κ1) is 14.2. The van der Waals surface area contributed by atoms with Crippen molar-refractivity contribution in [1.82, 2.24) is 20.2 Å². The molecule has 106 valence electrons. The summed E-state index contributed by atoms with van der Waals surface area (Å²) in [5.74, 6) is 0.201. The Morgan fingerprint density at radius 1 is 1.25 bits per heavy atom. The minimum atomic E-state index is -0.358. The zero-order chi connectivity index (χ0) is 14.5. The Bertz CT molecular complexity index is 587. The Kier molecular flexibility index (Phi) is 4.45. The number of tetrazole rings is 1. The van der Waals surface area contributed by atoms with Gasteiger partial charge in [0, 0.05) is 6.54 Å². The number of hydrogen-bond acceptors (Lipinski definition) is 5. The lowest BCUT2D eigenvalue weighted by atomic mass is 10.1. The van der Waals surface area contributed by atoms with E-state index in [1.807, 2.05) is 39.0 Å². The number of rotatable bonds is 5. The summed E-state index contributed by atoms with van der Waals surface area (Å²) in [6, 6.07) is 5.63. The van der Waals surface area contributed by atoms with Crippen molar-refractivity contribution in [1.29, 1.82) is 0 Å². The van der Waals surface area contributed by atoms with Gasteiger partial charge in [0.05, 0.1) is 5.56 Å². The maximum atomic E-state index is 12.0. The van der Waals surface area contributed by atoms with Crippen LogP contribution in [0.15, 0.2) is 18.2 Å². The van der Waals surface area contributed by atoms with Crippen LogP contribution in [0.25, 0.3) is 0 Å². The number of ether oxygens (including phenoxy) is 1. The molecule has 0 atom stereocenters. The summed E-state index contributed by atoms with van der Waals surface area (Å²) >= 11 is 0. The van der Waals surface area contributed by atoms with Gasteiger partial charge in [0.2, 0.25) is 0 Å². The molecule has 0 N–H and O–H groups in total. The van der Waals surface area contributed by atoms with Gasteiger partial charge >= 0.3 is 5.97 Å². The third-order valence-corrected chi connectivity index (χ3v) is 2.83. The van der Waals surface area contributed by atoms with Crippen molar-refractivity contribution < 1.29 is 9.53 Å². The maximum Gasteiger partial charge on any atom is 0.338 e. The number of carbonyl (C=O) groups is 1. The van der Waals surface area contributed by atoms with Crippen LogP contribution in [0.4, 0.5) is 0 Å². The molecule has 0 saturated carbocycles. The van der Waals surface area contributed by atoms with Gasteiger partial charge in [0.15, 0.2) is 12.4 Å². The molecular formula is C14H18N4O2. The van der Waals surface area contributed by atoms with Gasteiger partial charge in [-0.3, -0.25) is 0 Å². The molecule has 6 nitrogen and oxygen atoms in total. The molecule has 0 bridgehead atoms. The highest BCUT2D eigenvalue weighted by molar-refractivity contribution is 5.89. The number of aromatic nitrogens is 4. The van der Waals surface area contributed by atoms with Crippen molar-refractivity contribution in [3.8, 4) is 0 Å². The first-order valence-electron chi connectivity index (χ1n) is 6.60. The largest absolute Gasteiger partial charge is 0.454 e. The topological polar surface area (TPSA) is 69.9 Å². The average molecular weight is 274 g/mol. The minimum absolute atomic E-state index is 0.0822. The molecule has 0 aliphatic heterocycles. The first-order chi connectivity index (χ1) is 9.60. The Morgan fingerprint density at radius 3 is 2.60 bits per heavy atom. The van der Waals surface area contributed by atoms with Gasteiger partial charge in [-0.2, -0.15) is 0 Å². The van der Waals surface area contributed by atoms with Crippen LogP contribution in [0.1, 0.15) is 40.7 Å². The summed E-state index contributed by atoms with van der Waals surface area (Å²) in [5.41, 5.74) is 2.62. The van der Waals surface area contributed by atoms with E-state index >= 15 is 0 Å². The van der Waals surface area contributed by atoms with Crippen molar-refractivity contribution in [3.63, 3.8) is 0 Å². The van der Waals surface area contributed by atoms with Gasteiger partial charge < -0.3 is 4.74 Å². The summed E-state index contributed by atoms with van der Waals surface area (Å²) < 4.78 is 6.91. The molecular weight excluding hydrogens is 256 g/mol. The Hall–Kier alpha value is -2.24. The van der Waals surface area contributed by atoms with E-state index in [2.05, 4.69) is 15.5 Å². The molecule has 2 aromatic rings. The third kappa shape index (κ3) is 3.40. The van der Waals surface area contributed by atoms with Gasteiger partial charge in [0.1, 0.15) is 0 Å². The summed E-state index contributed by atoms with van der Waals surface area (Å²) in [7, 11) is 0. The van der Waals surface area contributed by atoms with Crippen LogP contribution in [-0.2, 0) is 17.9 Å². The molecule has 0 aliphatic rings. The predicted octanol–water partition coefficient (Wildman–Crippen LogP) is 2.06. The van der Waals surface area contributed by atoms with E-state index in [-0.39, 0.29) is 12.6 Å². The zero-order valence-electron chi connectivity index (χ0n) is 12.0. The van der Waals surface area contributed by atoms with E-state index < -0.39 is 0 Å². The number of hydrogen-bond donors (Lipinski definition) is 0. The van der Waals surface area contributed by atoms with E-state index in [0.717, 1.165) is 17.5 Å². The molecule has 2 rings (SSSR count). The summed E-state index contributed by atoms with van der Waals surface area (Å²) in [5, 5.41) is 11.3. The van der Waals surface area contributed by atoms with Gasteiger partial charge in [-0.25, -0.2) is 9.48 Å². The Labute approximate surface area is 117 Å². The first-order valence-corrected chi connectivity index (χ1v) is 6.60. The fourth-order valence-corrected chi connectivity index (χ4v) is 2.02. The highest BCUT2D eigenvalue weighted by Gasteiger charge is 2.12. The number of nitrogens with zero attached hydrogens (tertiary/aromatic N) is 4. The lowest BCUT2D eigenvalue weighted by molar-refractivity contribution is 0.0456. The molecule has 1 aromatic carbocycles. The van der Waals surface area contributed by atoms with Crippen LogP contribution in [0.2, 0.25) is 0 Å². The monoisotopic (exact) mass is 274 g/mol. The van der Waals surface area contributed by atoms with Crippen molar-refractivity contribution in [3.05, 3.63) is 40.7 Å². The summed E-state index contributed by atoms with van der Waals surface area (Å²) in [4.78, 5) is 12.0. The molecule has 0 aliphatic carbocycles. The molecule has 0 fully saturated rings. The van der Waals surface area contributed by atoms with Crippen molar-refractivity contribution in [2.45, 2.75) is 40.3 Å². The second kappa shape index (κ2) is 6.27. The van der Waals surface area contributed by atoms with Crippen LogP contribution in [-0.4, -0.2) is 26.2 Å². The molecule has 20 heavy (non-hydrogen) atoms. The quantitative estimate of drug-likeness (QED) is 0.780. The highest BCUT2D eigenvalue weighted by Crippen LogP contribution is 2.11. The van der Waals surface area contributed by atoms with Crippen molar-refractivity contribution in [2.75, 3.05) is 0 Å². The van der Waals surface area contributed by atoms with Crippen LogP contribution >= 0.6 is 0 Å². The highest BCUT2D eigenvalue weighted by atomic mass is 16.5. The Morgan fingerprint density at radius 2 is 1.95 bits per heavy atom. The molecule has 0 amide bonds. The molecule has 0 spiro atoms. The van der Waals surface area contributed by atoms with E-state index in [1.54, 1.807) is 4.68 Å². The van der Waals surface area contributed by atoms with Gasteiger partial charge in [-0.05, 0) is 42.8 Å². The third-order valence-electron chi connectivity index (χ3n) is 2.83. The Balaban J connectivity index is 2.03. The fraction of sp³-hybridized carbons (Fsp3) is 0.429. The molecule has 0 unspecified atom stereocenters. The van der Waals surface area contributed by atoms with Gasteiger partial charge in [-0.1, -0.05) is 24.1 Å². The fourth-order valence-electron chi connectivity index (χ4n) is 2.02. The lowest BCUT2D eigenvalue weighted by Gasteiger charge is -2.06. The van der Waals surface area contributed by atoms with E-state index in [1.165, 1.54) is 0 Å². The van der Waals surface area contributed by atoms with Gasteiger partial charge in [0.25, 0.3) is 0 Å². The van der Waals surface area contributed by atoms with E-state index in [0.29, 0.717) is 17.9 Å². The second-order valence-electron chi connectivity index (χ2n) is 4.77. The second-order valence-corrected chi connectivity index (χ2v) is 4.77. The lowest BCUT2D eigenvalue weighted by Crippen LogP contribution is -2.11. The summed E-state index contributed by atoms with van der Waals surface area (Å²) in [6.45, 7) is 6.73. The molecule has 1 aromatic heterocycles. The van der Waals surface area contributed by atoms with Crippen LogP contribution < -0.4 is 0 Å². The van der Waals surface area contributed by atoms with Crippen molar-refractivity contribution in [2.24, 2.45) is 0 Å². The van der Waals surface area contributed by atoms with Crippen molar-refractivity contribution >= 4 is 5.97 Å². The van der Waals surface area contributed by atoms with E-state index in [9.17, 15) is 4.79 Å². The molecule has 0 radical (unpaired) electrons. The van der Waals surface area contributed by atoms with E-state index in [4.69, 9.17) is 4.74 Å². The summed E-state index contributed by atoms with van der Waals surface area (Å²) in [6.07, 6.45) is 0.920.